The largest absolute Gasteiger partial charge is 0.377 e. The van der Waals surface area contributed by atoms with Gasteiger partial charge < -0.3 is 4.74 Å². The minimum absolute atomic E-state index is 0.376. The zero-order valence-corrected chi connectivity index (χ0v) is 12.6. The lowest BCUT2D eigenvalue weighted by molar-refractivity contribution is -0.0339. The molecule has 0 unspecified atom stereocenters. The van der Waals surface area contributed by atoms with Gasteiger partial charge in [-0.3, -0.25) is 0 Å². The molecule has 0 bridgehead atoms. The Morgan fingerprint density at radius 1 is 1.42 bits per heavy atom. The summed E-state index contributed by atoms with van der Waals surface area (Å²) in [5.41, 5.74) is 1.06. The normalized spacial score (nSPS) is 16.7. The van der Waals surface area contributed by atoms with Crippen molar-refractivity contribution in [2.45, 2.75) is 12.3 Å². The summed E-state index contributed by atoms with van der Waals surface area (Å²) in [7, 11) is 0. The number of halogens is 1. The predicted molar refractivity (Wildman–Crippen MR) is 75.9 cm³/mol. The molecule has 6 heteroatoms. The van der Waals surface area contributed by atoms with Gasteiger partial charge in [-0.15, -0.1) is 11.3 Å². The van der Waals surface area contributed by atoms with Crippen LogP contribution in [0.5, 0.6) is 0 Å². The number of thiophene rings is 1. The molecule has 2 aromatic rings. The lowest BCUT2D eigenvalue weighted by Crippen LogP contribution is -2.47. The van der Waals surface area contributed by atoms with Crippen molar-refractivity contribution in [2.24, 2.45) is 0 Å². The number of aryl methyl sites for hydroxylation is 1. The highest BCUT2D eigenvalue weighted by Crippen LogP contribution is 2.33. The van der Waals surface area contributed by atoms with E-state index in [4.69, 9.17) is 4.74 Å². The standard InChI is InChI=1S/C13H10BrN3OS/c1-8-2-10(11-3-9(14)4-19-11)17-12(16-8)13(5-15)6-18-7-13/h2-4H,6-7H2,1H3. The average molecular weight is 336 g/mol. The van der Waals surface area contributed by atoms with Crippen LogP contribution in [-0.2, 0) is 10.2 Å². The van der Waals surface area contributed by atoms with E-state index in [1.807, 2.05) is 24.4 Å². The van der Waals surface area contributed by atoms with Crippen molar-refractivity contribution in [1.29, 1.82) is 5.26 Å². The Hall–Kier alpha value is -1.29. The molecule has 3 heterocycles. The zero-order valence-electron chi connectivity index (χ0n) is 10.2. The van der Waals surface area contributed by atoms with E-state index in [0.717, 1.165) is 20.7 Å². The first-order valence-electron chi connectivity index (χ1n) is 5.72. The summed E-state index contributed by atoms with van der Waals surface area (Å²) in [5, 5.41) is 11.3. The van der Waals surface area contributed by atoms with Crippen molar-refractivity contribution < 1.29 is 4.74 Å². The van der Waals surface area contributed by atoms with Crippen molar-refractivity contribution in [2.75, 3.05) is 13.2 Å². The van der Waals surface area contributed by atoms with Gasteiger partial charge in [0.2, 0.25) is 0 Å². The molecule has 1 saturated heterocycles. The van der Waals surface area contributed by atoms with Gasteiger partial charge in [-0.25, -0.2) is 9.97 Å². The van der Waals surface area contributed by atoms with E-state index < -0.39 is 5.41 Å². The molecule has 0 atom stereocenters. The van der Waals surface area contributed by atoms with Gasteiger partial charge in [0.05, 0.1) is 29.9 Å². The first-order valence-corrected chi connectivity index (χ1v) is 7.40. The number of nitrogens with zero attached hydrogens (tertiary/aromatic N) is 3. The highest BCUT2D eigenvalue weighted by Gasteiger charge is 2.44. The molecular weight excluding hydrogens is 326 g/mol. The van der Waals surface area contributed by atoms with Gasteiger partial charge >= 0.3 is 0 Å². The first-order chi connectivity index (χ1) is 9.13. The second kappa shape index (κ2) is 4.67. The second-order valence-corrected chi connectivity index (χ2v) is 6.36. The van der Waals surface area contributed by atoms with Gasteiger partial charge in [-0.1, -0.05) is 0 Å². The fraction of sp³-hybridized carbons (Fsp3) is 0.308. The van der Waals surface area contributed by atoms with E-state index in [0.29, 0.717) is 19.0 Å². The van der Waals surface area contributed by atoms with Crippen LogP contribution in [0.25, 0.3) is 10.6 Å². The van der Waals surface area contributed by atoms with Crippen LogP contribution in [-0.4, -0.2) is 23.2 Å². The van der Waals surface area contributed by atoms with Crippen molar-refractivity contribution in [3.63, 3.8) is 0 Å². The minimum atomic E-state index is -0.671. The van der Waals surface area contributed by atoms with E-state index in [-0.39, 0.29) is 0 Å². The molecule has 3 rings (SSSR count). The maximum atomic E-state index is 9.33. The lowest BCUT2D eigenvalue weighted by Gasteiger charge is -2.33. The van der Waals surface area contributed by atoms with Crippen molar-refractivity contribution in [3.8, 4) is 16.6 Å². The van der Waals surface area contributed by atoms with Gasteiger partial charge in [0.15, 0.2) is 11.2 Å². The monoisotopic (exact) mass is 335 g/mol. The Kier molecular flexibility index (Phi) is 3.13. The Bertz CT molecular complexity index is 673. The zero-order chi connectivity index (χ0) is 13.5. The highest BCUT2D eigenvalue weighted by atomic mass is 79.9. The number of ether oxygens (including phenoxy) is 1. The molecule has 1 fully saturated rings. The van der Waals surface area contributed by atoms with Gasteiger partial charge in [-0.05, 0) is 35.0 Å². The van der Waals surface area contributed by atoms with Crippen LogP contribution in [0.15, 0.2) is 22.0 Å². The van der Waals surface area contributed by atoms with E-state index in [1.165, 1.54) is 0 Å². The Balaban J connectivity index is 2.09. The smallest absolute Gasteiger partial charge is 0.163 e. The molecule has 1 aliphatic heterocycles. The van der Waals surface area contributed by atoms with Crippen LogP contribution in [0.3, 0.4) is 0 Å². The van der Waals surface area contributed by atoms with E-state index >= 15 is 0 Å². The quantitative estimate of drug-likeness (QED) is 0.846. The highest BCUT2D eigenvalue weighted by molar-refractivity contribution is 9.10. The van der Waals surface area contributed by atoms with Crippen LogP contribution >= 0.6 is 27.3 Å². The molecule has 0 aliphatic carbocycles. The van der Waals surface area contributed by atoms with Crippen LogP contribution in [0.2, 0.25) is 0 Å². The molecule has 19 heavy (non-hydrogen) atoms. The molecule has 0 aromatic carbocycles. The number of aromatic nitrogens is 2. The van der Waals surface area contributed by atoms with E-state index in [1.54, 1.807) is 11.3 Å². The molecule has 96 valence electrons. The molecule has 1 aliphatic rings. The third-order valence-electron chi connectivity index (χ3n) is 3.01. The summed E-state index contributed by atoms with van der Waals surface area (Å²) in [5.74, 6) is 0.570. The summed E-state index contributed by atoms with van der Waals surface area (Å²) < 4.78 is 6.20. The molecule has 4 nitrogen and oxygen atoms in total. The number of hydrogen-bond acceptors (Lipinski definition) is 5. The maximum Gasteiger partial charge on any atom is 0.163 e. The van der Waals surface area contributed by atoms with Crippen LogP contribution in [0.1, 0.15) is 11.5 Å². The van der Waals surface area contributed by atoms with Crippen molar-refractivity contribution >= 4 is 27.3 Å². The van der Waals surface area contributed by atoms with Crippen molar-refractivity contribution in [1.82, 2.24) is 9.97 Å². The number of rotatable bonds is 2. The van der Waals surface area contributed by atoms with Crippen LogP contribution in [0, 0.1) is 18.3 Å². The molecular formula is C13H10BrN3OS. The average Bonchev–Trinajstić information content (AvgIpc) is 2.75. The molecule has 0 spiro atoms. The Labute approximate surface area is 123 Å². The summed E-state index contributed by atoms with van der Waals surface area (Å²) in [6.07, 6.45) is 0. The SMILES string of the molecule is Cc1cc(-c2cc(Br)cs2)nc(C2(C#N)COC2)n1. The molecule has 0 amide bonds. The van der Waals surface area contributed by atoms with Crippen LogP contribution < -0.4 is 0 Å². The third kappa shape index (κ3) is 2.18. The van der Waals surface area contributed by atoms with E-state index in [2.05, 4.69) is 32.0 Å². The molecule has 0 saturated carbocycles. The van der Waals surface area contributed by atoms with Gasteiger partial charge in [-0.2, -0.15) is 5.26 Å². The minimum Gasteiger partial charge on any atom is -0.377 e. The molecule has 2 aromatic heterocycles. The summed E-state index contributed by atoms with van der Waals surface area (Å²) in [6.45, 7) is 2.67. The fourth-order valence-electron chi connectivity index (χ4n) is 1.91. The molecule has 0 N–H and O–H groups in total. The maximum absolute atomic E-state index is 9.33. The summed E-state index contributed by atoms with van der Waals surface area (Å²) in [6, 6.07) is 6.24. The summed E-state index contributed by atoms with van der Waals surface area (Å²) >= 11 is 5.05. The second-order valence-electron chi connectivity index (χ2n) is 4.53. The number of nitriles is 1. The fourth-order valence-corrected chi connectivity index (χ4v) is 3.29. The summed E-state index contributed by atoms with van der Waals surface area (Å²) in [4.78, 5) is 10.0. The Morgan fingerprint density at radius 2 is 2.21 bits per heavy atom. The Morgan fingerprint density at radius 3 is 2.74 bits per heavy atom. The van der Waals surface area contributed by atoms with Gasteiger partial charge in [0, 0.05) is 15.5 Å². The van der Waals surface area contributed by atoms with Gasteiger partial charge in [0.1, 0.15) is 0 Å². The van der Waals surface area contributed by atoms with Gasteiger partial charge in [0.25, 0.3) is 0 Å². The predicted octanol–water partition coefficient (Wildman–Crippen LogP) is 3.07. The topological polar surface area (TPSA) is 58.8 Å². The van der Waals surface area contributed by atoms with Crippen LogP contribution in [0.4, 0.5) is 0 Å². The molecule has 0 radical (unpaired) electrons. The van der Waals surface area contributed by atoms with Crippen molar-refractivity contribution in [3.05, 3.63) is 33.5 Å². The van der Waals surface area contributed by atoms with E-state index in [9.17, 15) is 5.26 Å². The first kappa shape index (κ1) is 12.7. The third-order valence-corrected chi connectivity index (χ3v) is 4.73. The lowest BCUT2D eigenvalue weighted by atomic mass is 9.86. The number of hydrogen-bond donors (Lipinski definition) is 0.